The van der Waals surface area contributed by atoms with Crippen LogP contribution in [-0.4, -0.2) is 89.3 Å². The van der Waals surface area contributed by atoms with Crippen molar-refractivity contribution in [1.82, 2.24) is 25.2 Å². The van der Waals surface area contributed by atoms with Crippen molar-refractivity contribution in [3.05, 3.63) is 43.1 Å². The maximum atomic E-state index is 14.5. The molecule has 52 heavy (non-hydrogen) atoms. The minimum atomic E-state index is -3.90. The molecule has 2 saturated carbocycles. The van der Waals surface area contributed by atoms with Crippen LogP contribution in [0.25, 0.3) is 10.8 Å². The first kappa shape index (κ1) is 38.8. The highest BCUT2D eigenvalue weighted by Gasteiger charge is 2.62. The Morgan fingerprint density at radius 1 is 1.08 bits per heavy atom. The van der Waals surface area contributed by atoms with Gasteiger partial charge < -0.3 is 29.7 Å². The predicted octanol–water partition coefficient (Wildman–Crippen LogP) is 3.98. The van der Waals surface area contributed by atoms with Crippen LogP contribution in [0.5, 0.6) is 11.6 Å². The first-order chi connectivity index (χ1) is 24.1. The second-order valence-electron chi connectivity index (χ2n) is 16.3. The van der Waals surface area contributed by atoms with Gasteiger partial charge in [0.1, 0.15) is 35.1 Å². The van der Waals surface area contributed by atoms with Crippen molar-refractivity contribution < 1.29 is 41.8 Å². The molecule has 2 heterocycles. The van der Waals surface area contributed by atoms with Crippen molar-refractivity contribution >= 4 is 44.6 Å². The van der Waals surface area contributed by atoms with Crippen LogP contribution in [0.1, 0.15) is 81.1 Å². The van der Waals surface area contributed by atoms with E-state index < -0.39 is 79.7 Å². The van der Waals surface area contributed by atoms with Crippen LogP contribution in [0, 0.1) is 11.3 Å². The molecule has 0 bridgehead atoms. The minimum absolute atomic E-state index is 0.0182. The predicted molar refractivity (Wildman–Crippen MR) is 194 cm³/mol. The van der Waals surface area contributed by atoms with Crippen molar-refractivity contribution in [3.63, 3.8) is 0 Å². The van der Waals surface area contributed by atoms with Gasteiger partial charge >= 0.3 is 6.09 Å². The van der Waals surface area contributed by atoms with Gasteiger partial charge in [0.05, 0.1) is 17.9 Å². The zero-order valence-electron chi connectivity index (χ0n) is 31.1. The fraction of sp³-hybridized carbons (Fsp3) is 0.595. The summed E-state index contributed by atoms with van der Waals surface area (Å²) in [4.78, 5) is 60.9. The molecule has 5 atom stereocenters. The number of carbonyl (C=O) groups excluding carboxylic acids is 4. The van der Waals surface area contributed by atoms with Gasteiger partial charge in [0, 0.05) is 23.9 Å². The minimum Gasteiger partial charge on any atom is -0.491 e. The Balaban J connectivity index is 1.44. The molecule has 2 aliphatic carbocycles. The van der Waals surface area contributed by atoms with E-state index in [1.807, 2.05) is 38.1 Å². The SMILES string of the molecule is C=C[C@@H]1C[C@@]1(NC(=O)[C@H]1C[C@@H](Oc2nccc3cc(OC(C)C)ccc23)CN1C(=O)[C@@H](NC(=O)OC(C)(C)C)C(C)(C)C)C(=O)NS(=O)(=O)C1CC1. The lowest BCUT2D eigenvalue weighted by molar-refractivity contribution is -0.143. The molecule has 0 radical (unpaired) electrons. The van der Waals surface area contributed by atoms with Crippen LogP contribution in [-0.2, 0) is 29.1 Å². The maximum absolute atomic E-state index is 14.5. The summed E-state index contributed by atoms with van der Waals surface area (Å²) in [6.07, 6.45) is 2.63. The average Bonchev–Trinajstić information content (AvgIpc) is 3.95. The van der Waals surface area contributed by atoms with Gasteiger partial charge in [-0.25, -0.2) is 18.2 Å². The number of likely N-dealkylation sites (tertiary alicyclic amines) is 1. The van der Waals surface area contributed by atoms with E-state index in [1.165, 1.54) is 11.0 Å². The number of alkyl carbamates (subject to hydrolysis) is 1. The summed E-state index contributed by atoms with van der Waals surface area (Å²) < 4.78 is 45.2. The molecule has 3 N–H and O–H groups in total. The van der Waals surface area contributed by atoms with E-state index in [1.54, 1.807) is 47.7 Å². The van der Waals surface area contributed by atoms with E-state index in [-0.39, 0.29) is 25.5 Å². The van der Waals surface area contributed by atoms with Crippen LogP contribution in [0.4, 0.5) is 4.79 Å². The topological polar surface area (TPSA) is 182 Å². The van der Waals surface area contributed by atoms with Crippen LogP contribution in [0.3, 0.4) is 0 Å². The maximum Gasteiger partial charge on any atom is 0.408 e. The third kappa shape index (κ3) is 8.79. The van der Waals surface area contributed by atoms with Crippen molar-refractivity contribution in [1.29, 1.82) is 0 Å². The number of amides is 4. The number of carbonyl (C=O) groups is 4. The van der Waals surface area contributed by atoms with Crippen LogP contribution < -0.4 is 24.8 Å². The molecule has 15 heteroatoms. The fourth-order valence-electron chi connectivity index (χ4n) is 6.36. The Bertz CT molecular complexity index is 1850. The number of rotatable bonds is 12. The standard InChI is InChI=1S/C37H51N5O9S/c1-10-23-19-37(23,33(45)41-52(47,48)26-12-13-26)40-30(43)28-18-25(50-31-27-14-11-24(49-21(2)3)17-22(27)15-16-38-31)20-42(28)32(44)29(35(4,5)6)39-34(46)51-36(7,8)9/h10-11,14-17,21,23,25-26,28-29H,1,12-13,18-20H2,2-9H3,(H,39,46)(H,40,43)(H,41,45)/t23-,25-,28-,29-,37+/m1/s1. The van der Waals surface area contributed by atoms with E-state index in [2.05, 4.69) is 26.9 Å². The van der Waals surface area contributed by atoms with Crippen molar-refractivity contribution in [2.75, 3.05) is 6.54 Å². The smallest absolute Gasteiger partial charge is 0.408 e. The summed E-state index contributed by atoms with van der Waals surface area (Å²) in [5.74, 6) is -1.63. The summed E-state index contributed by atoms with van der Waals surface area (Å²) in [6.45, 7) is 18.0. The molecule has 0 spiro atoms. The largest absolute Gasteiger partial charge is 0.491 e. The molecule has 14 nitrogen and oxygen atoms in total. The summed E-state index contributed by atoms with van der Waals surface area (Å²) in [7, 11) is -3.90. The van der Waals surface area contributed by atoms with Crippen molar-refractivity contribution in [2.45, 2.75) is 122 Å². The number of sulfonamides is 1. The molecule has 1 aromatic heterocycles. The van der Waals surface area contributed by atoms with Crippen LogP contribution >= 0.6 is 0 Å². The van der Waals surface area contributed by atoms with Crippen molar-refractivity contribution in [2.24, 2.45) is 11.3 Å². The number of aromatic nitrogens is 1. The number of ether oxygens (including phenoxy) is 3. The number of nitrogens with one attached hydrogen (secondary N) is 3. The van der Waals surface area contributed by atoms with Gasteiger partial charge in [0.2, 0.25) is 27.7 Å². The first-order valence-corrected chi connectivity index (χ1v) is 19.2. The molecule has 2 aromatic rings. The van der Waals surface area contributed by atoms with Gasteiger partial charge in [-0.1, -0.05) is 26.8 Å². The number of benzene rings is 1. The van der Waals surface area contributed by atoms with Crippen molar-refractivity contribution in [3.8, 4) is 11.6 Å². The zero-order chi connectivity index (χ0) is 38.4. The Morgan fingerprint density at radius 2 is 1.77 bits per heavy atom. The van der Waals surface area contributed by atoms with E-state index in [0.717, 1.165) is 5.39 Å². The molecule has 3 fully saturated rings. The van der Waals surface area contributed by atoms with Gasteiger partial charge in [-0.3, -0.25) is 19.1 Å². The second kappa shape index (κ2) is 14.2. The first-order valence-electron chi connectivity index (χ1n) is 17.7. The Morgan fingerprint density at radius 3 is 2.35 bits per heavy atom. The Hall–Kier alpha value is -4.40. The van der Waals surface area contributed by atoms with E-state index in [4.69, 9.17) is 14.2 Å². The molecule has 1 aliphatic heterocycles. The fourth-order valence-corrected chi connectivity index (χ4v) is 7.72. The molecule has 4 amide bonds. The zero-order valence-corrected chi connectivity index (χ0v) is 32.0. The highest BCUT2D eigenvalue weighted by atomic mass is 32.2. The third-order valence-electron chi connectivity index (χ3n) is 9.22. The average molecular weight is 742 g/mol. The summed E-state index contributed by atoms with van der Waals surface area (Å²) >= 11 is 0. The Labute approximate surface area is 305 Å². The lowest BCUT2D eigenvalue weighted by Crippen LogP contribution is -2.60. The van der Waals surface area contributed by atoms with Crippen LogP contribution in [0.2, 0.25) is 0 Å². The normalized spacial score (nSPS) is 23.8. The number of nitrogens with zero attached hydrogens (tertiary/aromatic N) is 2. The van der Waals surface area contributed by atoms with Gasteiger partial charge in [-0.2, -0.15) is 0 Å². The number of hydrogen-bond donors (Lipinski definition) is 3. The highest BCUT2D eigenvalue weighted by Crippen LogP contribution is 2.45. The summed E-state index contributed by atoms with van der Waals surface area (Å²) in [5, 5.41) is 6.35. The lowest BCUT2D eigenvalue weighted by atomic mass is 9.85. The van der Waals surface area contributed by atoms with E-state index >= 15 is 0 Å². The number of pyridine rings is 1. The highest BCUT2D eigenvalue weighted by molar-refractivity contribution is 7.91. The van der Waals surface area contributed by atoms with Crippen LogP contribution in [0.15, 0.2) is 43.1 Å². The number of hydrogen-bond acceptors (Lipinski definition) is 10. The summed E-state index contributed by atoms with van der Waals surface area (Å²) in [6, 6.07) is 5.08. The van der Waals surface area contributed by atoms with E-state index in [0.29, 0.717) is 29.9 Å². The Kier molecular flexibility index (Phi) is 10.6. The quantitative estimate of drug-likeness (QED) is 0.269. The molecular weight excluding hydrogens is 691 g/mol. The molecule has 1 aromatic carbocycles. The monoisotopic (exact) mass is 741 g/mol. The number of fused-ring (bicyclic) bond motifs is 1. The molecule has 5 rings (SSSR count). The second-order valence-corrected chi connectivity index (χ2v) is 18.2. The molecule has 0 unspecified atom stereocenters. The molecule has 1 saturated heterocycles. The molecule has 3 aliphatic rings. The van der Waals surface area contributed by atoms with Gasteiger partial charge in [-0.15, -0.1) is 6.58 Å². The van der Waals surface area contributed by atoms with Gasteiger partial charge in [0.25, 0.3) is 5.91 Å². The molecular formula is C37H51N5O9S. The lowest BCUT2D eigenvalue weighted by Gasteiger charge is -2.36. The third-order valence-corrected chi connectivity index (χ3v) is 11.0. The van der Waals surface area contributed by atoms with E-state index in [9.17, 15) is 27.6 Å². The summed E-state index contributed by atoms with van der Waals surface area (Å²) in [5.41, 5.74) is -3.20. The van der Waals surface area contributed by atoms with Gasteiger partial charge in [0.15, 0.2) is 0 Å². The molecule has 284 valence electrons. The van der Waals surface area contributed by atoms with Gasteiger partial charge in [-0.05, 0) is 88.9 Å².